The molecule has 2 nitrogen and oxygen atoms in total. The van der Waals surface area contributed by atoms with Gasteiger partial charge in [0.25, 0.3) is 0 Å². The fourth-order valence-corrected chi connectivity index (χ4v) is 3.59. The van der Waals surface area contributed by atoms with Gasteiger partial charge in [-0.2, -0.15) is 0 Å². The molecule has 0 saturated heterocycles. The number of allylic oxidation sites excluding steroid dienone is 2. The molecule has 0 heterocycles. The Labute approximate surface area is 136 Å². The van der Waals surface area contributed by atoms with Crippen LogP contribution in [0.4, 0.5) is 0 Å². The van der Waals surface area contributed by atoms with E-state index in [-0.39, 0.29) is 6.61 Å². The quantitative estimate of drug-likeness (QED) is 0.633. The molecular formula is C20H34O2. The van der Waals surface area contributed by atoms with Gasteiger partial charge >= 0.3 is 0 Å². The Morgan fingerprint density at radius 1 is 1.41 bits per heavy atom. The Balaban J connectivity index is 2.44. The lowest BCUT2D eigenvalue weighted by Gasteiger charge is -2.40. The summed E-state index contributed by atoms with van der Waals surface area (Å²) in [6, 6.07) is 0. The first-order chi connectivity index (χ1) is 10.3. The Hall–Kier alpha value is -0.860. The zero-order valence-electron chi connectivity index (χ0n) is 14.7. The van der Waals surface area contributed by atoms with Crippen molar-refractivity contribution in [1.29, 1.82) is 0 Å². The molecule has 2 heteroatoms. The fourth-order valence-electron chi connectivity index (χ4n) is 3.59. The van der Waals surface area contributed by atoms with Crippen LogP contribution in [-0.4, -0.2) is 22.9 Å². The van der Waals surface area contributed by atoms with Gasteiger partial charge in [0.2, 0.25) is 0 Å². The highest BCUT2D eigenvalue weighted by Gasteiger charge is 2.34. The van der Waals surface area contributed by atoms with E-state index >= 15 is 0 Å². The zero-order chi connectivity index (χ0) is 16.8. The molecular weight excluding hydrogens is 272 g/mol. The van der Waals surface area contributed by atoms with E-state index in [9.17, 15) is 5.11 Å². The van der Waals surface area contributed by atoms with Crippen LogP contribution in [0.3, 0.4) is 0 Å². The van der Waals surface area contributed by atoms with Gasteiger partial charge in [-0.3, -0.25) is 0 Å². The summed E-state index contributed by atoms with van der Waals surface area (Å²) in [7, 11) is 0. The largest absolute Gasteiger partial charge is 0.392 e. The summed E-state index contributed by atoms with van der Waals surface area (Å²) in [5, 5.41) is 19.1. The van der Waals surface area contributed by atoms with E-state index in [1.807, 2.05) is 6.92 Å². The standard InChI is InChI=1S/C20H34O2/c1-15(12-14-21)8-11-19(22)17(3)9-10-18-16(2)7-6-13-20(18,4)5/h12,18-19,21-22H,2-3,6-11,13-14H2,1,4-5H3. The van der Waals surface area contributed by atoms with Crippen LogP contribution < -0.4 is 0 Å². The number of hydrogen-bond acceptors (Lipinski definition) is 2. The summed E-state index contributed by atoms with van der Waals surface area (Å²) in [4.78, 5) is 0. The molecule has 2 atom stereocenters. The average molecular weight is 306 g/mol. The molecule has 22 heavy (non-hydrogen) atoms. The molecule has 2 N–H and O–H groups in total. The third-order valence-corrected chi connectivity index (χ3v) is 5.23. The van der Waals surface area contributed by atoms with Crippen molar-refractivity contribution in [3.05, 3.63) is 36.0 Å². The molecule has 0 aromatic carbocycles. The molecule has 0 spiro atoms. The maximum Gasteiger partial charge on any atom is 0.0750 e. The minimum Gasteiger partial charge on any atom is -0.392 e. The van der Waals surface area contributed by atoms with E-state index in [1.165, 1.54) is 18.4 Å². The van der Waals surface area contributed by atoms with Gasteiger partial charge in [0, 0.05) is 0 Å². The smallest absolute Gasteiger partial charge is 0.0750 e. The minimum atomic E-state index is -0.443. The van der Waals surface area contributed by atoms with Crippen LogP contribution in [0.5, 0.6) is 0 Å². The van der Waals surface area contributed by atoms with E-state index in [0.717, 1.165) is 36.8 Å². The average Bonchev–Trinajstić information content (AvgIpc) is 2.43. The first kappa shape index (κ1) is 19.2. The topological polar surface area (TPSA) is 40.5 Å². The molecule has 2 unspecified atom stereocenters. The lowest BCUT2D eigenvalue weighted by atomic mass is 9.65. The van der Waals surface area contributed by atoms with Gasteiger partial charge < -0.3 is 10.2 Å². The third-order valence-electron chi connectivity index (χ3n) is 5.23. The van der Waals surface area contributed by atoms with E-state index in [1.54, 1.807) is 6.08 Å². The fraction of sp³-hybridized carbons (Fsp3) is 0.700. The van der Waals surface area contributed by atoms with E-state index in [4.69, 9.17) is 5.11 Å². The van der Waals surface area contributed by atoms with Crippen LogP contribution in [0.25, 0.3) is 0 Å². The molecule has 0 aliphatic heterocycles. The number of hydrogen-bond donors (Lipinski definition) is 2. The summed E-state index contributed by atoms with van der Waals surface area (Å²) in [6.45, 7) is 15.1. The second-order valence-electron chi connectivity index (χ2n) is 7.54. The third kappa shape index (κ3) is 5.73. The van der Waals surface area contributed by atoms with Gasteiger partial charge in [-0.15, -0.1) is 0 Å². The summed E-state index contributed by atoms with van der Waals surface area (Å²) < 4.78 is 0. The van der Waals surface area contributed by atoms with Gasteiger partial charge in [0.05, 0.1) is 12.7 Å². The molecule has 0 radical (unpaired) electrons. The van der Waals surface area contributed by atoms with Gasteiger partial charge in [-0.05, 0) is 68.8 Å². The molecule has 0 aromatic rings. The van der Waals surface area contributed by atoms with E-state index in [2.05, 4.69) is 27.0 Å². The summed E-state index contributed by atoms with van der Waals surface area (Å²) in [5.41, 5.74) is 3.75. The molecule has 1 rings (SSSR count). The second-order valence-corrected chi connectivity index (χ2v) is 7.54. The van der Waals surface area contributed by atoms with Crippen LogP contribution in [0.1, 0.15) is 65.7 Å². The molecule has 1 saturated carbocycles. The summed E-state index contributed by atoms with van der Waals surface area (Å²) >= 11 is 0. The lowest BCUT2D eigenvalue weighted by Crippen LogP contribution is -2.29. The Kier molecular flexibility index (Phi) is 7.58. The summed E-state index contributed by atoms with van der Waals surface area (Å²) in [5.74, 6) is 0.543. The monoisotopic (exact) mass is 306 g/mol. The van der Waals surface area contributed by atoms with Crippen LogP contribution in [0, 0.1) is 11.3 Å². The SMILES string of the molecule is C=C(CCC1C(=C)CCCC1(C)C)C(O)CCC(C)=CCO. The normalized spacial score (nSPS) is 23.4. The Morgan fingerprint density at radius 2 is 2.09 bits per heavy atom. The zero-order valence-corrected chi connectivity index (χ0v) is 14.7. The van der Waals surface area contributed by atoms with Crippen LogP contribution >= 0.6 is 0 Å². The highest BCUT2D eigenvalue weighted by Crippen LogP contribution is 2.45. The number of aliphatic hydroxyl groups is 2. The molecule has 0 aromatic heterocycles. The van der Waals surface area contributed by atoms with Crippen LogP contribution in [-0.2, 0) is 0 Å². The van der Waals surface area contributed by atoms with Crippen molar-refractivity contribution in [2.24, 2.45) is 11.3 Å². The minimum absolute atomic E-state index is 0.0712. The summed E-state index contributed by atoms with van der Waals surface area (Å²) in [6.07, 6.45) is 8.43. The van der Waals surface area contributed by atoms with Crippen molar-refractivity contribution in [2.45, 2.75) is 71.8 Å². The number of rotatable bonds is 8. The first-order valence-electron chi connectivity index (χ1n) is 8.58. The highest BCUT2D eigenvalue weighted by atomic mass is 16.3. The van der Waals surface area contributed by atoms with Crippen molar-refractivity contribution in [3.63, 3.8) is 0 Å². The highest BCUT2D eigenvalue weighted by molar-refractivity contribution is 5.12. The van der Waals surface area contributed by atoms with Crippen molar-refractivity contribution >= 4 is 0 Å². The van der Waals surface area contributed by atoms with Crippen molar-refractivity contribution < 1.29 is 10.2 Å². The first-order valence-corrected chi connectivity index (χ1v) is 8.58. The molecule has 126 valence electrons. The van der Waals surface area contributed by atoms with E-state index in [0.29, 0.717) is 17.8 Å². The van der Waals surface area contributed by atoms with Gasteiger partial charge in [0.1, 0.15) is 0 Å². The predicted octanol–water partition coefficient (Wildman–Crippen LogP) is 4.79. The Morgan fingerprint density at radius 3 is 2.68 bits per heavy atom. The number of aliphatic hydroxyl groups excluding tert-OH is 2. The van der Waals surface area contributed by atoms with Crippen molar-refractivity contribution in [2.75, 3.05) is 6.61 Å². The van der Waals surface area contributed by atoms with Crippen LogP contribution in [0.15, 0.2) is 36.0 Å². The van der Waals surface area contributed by atoms with Gasteiger partial charge in [-0.1, -0.05) is 44.2 Å². The lowest BCUT2D eigenvalue weighted by molar-refractivity contribution is 0.168. The maximum absolute atomic E-state index is 10.2. The van der Waals surface area contributed by atoms with Crippen molar-refractivity contribution in [1.82, 2.24) is 0 Å². The van der Waals surface area contributed by atoms with Crippen LogP contribution in [0.2, 0.25) is 0 Å². The second kappa shape index (κ2) is 8.69. The molecule has 1 aliphatic carbocycles. The molecule has 0 amide bonds. The predicted molar refractivity (Wildman–Crippen MR) is 94.7 cm³/mol. The Bertz CT molecular complexity index is 417. The molecule has 1 aliphatic rings. The molecule has 1 fully saturated rings. The van der Waals surface area contributed by atoms with Gasteiger partial charge in [-0.25, -0.2) is 0 Å². The van der Waals surface area contributed by atoms with Gasteiger partial charge in [0.15, 0.2) is 0 Å². The van der Waals surface area contributed by atoms with Crippen molar-refractivity contribution in [3.8, 4) is 0 Å². The van der Waals surface area contributed by atoms with E-state index < -0.39 is 6.10 Å². The molecule has 0 bridgehead atoms. The maximum atomic E-state index is 10.2.